The van der Waals surface area contributed by atoms with Gasteiger partial charge in [-0.05, 0) is 30.9 Å². The fraction of sp³-hybridized carbons (Fsp3) is 0.500. The number of nitrogens with one attached hydrogen (secondary N) is 1. The van der Waals surface area contributed by atoms with E-state index in [0.29, 0.717) is 0 Å². The van der Waals surface area contributed by atoms with Crippen molar-refractivity contribution >= 4 is 64.3 Å². The number of amidine groups is 1. The zero-order valence-electron chi connectivity index (χ0n) is 20.8. The van der Waals surface area contributed by atoms with Gasteiger partial charge in [-0.1, -0.05) is 30.0 Å². The van der Waals surface area contributed by atoms with Gasteiger partial charge < -0.3 is 23.5 Å². The molecule has 12 nitrogen and oxygen atoms in total. The van der Waals surface area contributed by atoms with E-state index in [1.807, 2.05) is 30.3 Å². The molecule has 2 aliphatic heterocycles. The highest BCUT2D eigenvalue weighted by molar-refractivity contribution is 8.15. The van der Waals surface area contributed by atoms with Gasteiger partial charge in [-0.15, -0.1) is 5.10 Å². The fourth-order valence-electron chi connectivity index (χ4n) is 3.84. The number of hydrazone groups is 1. The van der Waals surface area contributed by atoms with E-state index in [0.717, 1.165) is 24.0 Å². The van der Waals surface area contributed by atoms with Crippen LogP contribution in [0.1, 0.15) is 27.7 Å². The van der Waals surface area contributed by atoms with Crippen LogP contribution in [-0.2, 0) is 54.5 Å². The maximum atomic E-state index is 13.0. The predicted molar refractivity (Wildman–Crippen MR) is 138 cm³/mol. The SMILES string of the molecule is COP(=S)(N/N=C1/SCC(=O)N1[C@@H]1O[C@H](C)[C@@H](OC(C)=O)[C@H](OC(C)=O)[C@H]1OC(C)=O)c1ccccc1. The second-order valence-electron chi connectivity index (χ2n) is 8.07. The van der Waals surface area contributed by atoms with E-state index in [1.165, 1.54) is 25.9 Å². The van der Waals surface area contributed by atoms with Crippen LogP contribution in [0.4, 0.5) is 0 Å². The summed E-state index contributed by atoms with van der Waals surface area (Å²) in [4.78, 5) is 49.9. The number of benzene rings is 1. The number of thioether (sulfide) groups is 1. The van der Waals surface area contributed by atoms with Gasteiger partial charge in [0.1, 0.15) is 0 Å². The van der Waals surface area contributed by atoms with Crippen LogP contribution < -0.4 is 10.5 Å². The van der Waals surface area contributed by atoms with Crippen LogP contribution in [0.3, 0.4) is 0 Å². The van der Waals surface area contributed by atoms with Crippen molar-refractivity contribution in [2.45, 2.75) is 58.3 Å². The molecular weight excluding hydrogens is 545 g/mol. The minimum atomic E-state index is -2.81. The Hall–Kier alpha value is -2.51. The van der Waals surface area contributed by atoms with Crippen molar-refractivity contribution in [2.24, 2.45) is 5.10 Å². The average molecular weight is 574 g/mol. The maximum absolute atomic E-state index is 13.0. The first-order chi connectivity index (χ1) is 17.5. The second-order valence-corrected chi connectivity index (χ2v) is 12.7. The summed E-state index contributed by atoms with van der Waals surface area (Å²) < 4.78 is 27.9. The Balaban J connectivity index is 1.99. The van der Waals surface area contributed by atoms with Crippen LogP contribution >= 0.6 is 18.2 Å². The van der Waals surface area contributed by atoms with Crippen molar-refractivity contribution in [2.75, 3.05) is 12.9 Å². The van der Waals surface area contributed by atoms with Crippen LogP contribution in [0.25, 0.3) is 0 Å². The highest BCUT2D eigenvalue weighted by Crippen LogP contribution is 2.41. The Morgan fingerprint density at radius 2 is 1.62 bits per heavy atom. The van der Waals surface area contributed by atoms with Gasteiger partial charge in [0.25, 0.3) is 0 Å². The van der Waals surface area contributed by atoms with Crippen LogP contribution in [0.15, 0.2) is 35.4 Å². The van der Waals surface area contributed by atoms with Gasteiger partial charge in [-0.3, -0.25) is 29.3 Å². The van der Waals surface area contributed by atoms with Crippen LogP contribution in [0.5, 0.6) is 0 Å². The van der Waals surface area contributed by atoms with Gasteiger partial charge in [0.05, 0.1) is 11.9 Å². The zero-order chi connectivity index (χ0) is 27.3. The average Bonchev–Trinajstić information content (AvgIpc) is 3.21. The Bertz CT molecular complexity index is 1120. The zero-order valence-corrected chi connectivity index (χ0v) is 23.3. The smallest absolute Gasteiger partial charge is 0.303 e. The second kappa shape index (κ2) is 12.4. The van der Waals surface area contributed by atoms with Gasteiger partial charge >= 0.3 is 17.9 Å². The predicted octanol–water partition coefficient (Wildman–Crippen LogP) is 1.24. The van der Waals surface area contributed by atoms with E-state index < -0.39 is 60.9 Å². The van der Waals surface area contributed by atoms with Crippen molar-refractivity contribution in [1.82, 2.24) is 10.1 Å². The summed E-state index contributed by atoms with van der Waals surface area (Å²) in [6.45, 7) is 5.10. The minimum Gasteiger partial charge on any atom is -0.456 e. The van der Waals surface area contributed by atoms with Crippen LogP contribution in [0.2, 0.25) is 0 Å². The van der Waals surface area contributed by atoms with Crippen molar-refractivity contribution in [3.8, 4) is 0 Å². The molecular formula is C22H28N3O9PS2. The van der Waals surface area contributed by atoms with E-state index in [9.17, 15) is 19.2 Å². The highest BCUT2D eigenvalue weighted by atomic mass is 32.4. The number of carbonyl (C=O) groups is 4. The molecule has 37 heavy (non-hydrogen) atoms. The van der Waals surface area contributed by atoms with Crippen molar-refractivity contribution in [3.63, 3.8) is 0 Å². The number of nitrogens with zero attached hydrogens (tertiary/aromatic N) is 2. The Labute approximate surface area is 223 Å². The summed E-state index contributed by atoms with van der Waals surface area (Å²) >= 11 is 6.81. The van der Waals surface area contributed by atoms with Crippen molar-refractivity contribution in [1.29, 1.82) is 0 Å². The first kappa shape index (κ1) is 29.1. The molecule has 0 aromatic heterocycles. The van der Waals surface area contributed by atoms with Gasteiger partial charge in [-0.2, -0.15) is 0 Å². The lowest BCUT2D eigenvalue weighted by Crippen LogP contribution is -2.65. The molecule has 2 heterocycles. The summed E-state index contributed by atoms with van der Waals surface area (Å²) in [5.74, 6) is -2.44. The van der Waals surface area contributed by atoms with E-state index in [4.69, 9.17) is 35.3 Å². The highest BCUT2D eigenvalue weighted by Gasteiger charge is 2.55. The molecule has 0 aliphatic carbocycles. The monoisotopic (exact) mass is 573 g/mol. The molecule has 0 bridgehead atoms. The van der Waals surface area contributed by atoms with E-state index in [2.05, 4.69) is 10.3 Å². The molecule has 2 saturated heterocycles. The first-order valence-electron chi connectivity index (χ1n) is 11.1. The van der Waals surface area contributed by atoms with Crippen LogP contribution in [-0.4, -0.2) is 77.4 Å². The van der Waals surface area contributed by atoms with Crippen LogP contribution in [0, 0.1) is 0 Å². The molecule has 3 rings (SSSR count). The van der Waals surface area contributed by atoms with Crippen molar-refractivity contribution < 1.29 is 42.6 Å². The summed E-state index contributed by atoms with van der Waals surface area (Å²) in [5.41, 5.74) is 0. The third-order valence-electron chi connectivity index (χ3n) is 5.34. The van der Waals surface area contributed by atoms with Gasteiger partial charge in [0, 0.05) is 33.2 Å². The Morgan fingerprint density at radius 3 is 2.19 bits per heavy atom. The lowest BCUT2D eigenvalue weighted by molar-refractivity contribution is -0.260. The summed E-state index contributed by atoms with van der Waals surface area (Å²) in [5, 5.41) is 8.19. The topological polar surface area (TPSA) is 142 Å². The molecule has 1 unspecified atom stereocenters. The molecule has 0 spiro atoms. The number of amides is 1. The number of esters is 3. The molecule has 15 heteroatoms. The molecule has 1 aromatic rings. The Kier molecular flexibility index (Phi) is 9.70. The third-order valence-corrected chi connectivity index (χ3v) is 9.45. The summed E-state index contributed by atoms with van der Waals surface area (Å²) in [6, 6.07) is 9.10. The lowest BCUT2D eigenvalue weighted by Gasteiger charge is -2.45. The fourth-order valence-corrected chi connectivity index (χ4v) is 6.44. The maximum Gasteiger partial charge on any atom is 0.303 e. The molecule has 2 aliphatic rings. The van der Waals surface area contributed by atoms with E-state index >= 15 is 0 Å². The molecule has 1 aromatic carbocycles. The molecule has 2 fully saturated rings. The number of rotatable bonds is 8. The number of hydrogen-bond acceptors (Lipinski definition) is 12. The summed E-state index contributed by atoms with van der Waals surface area (Å²) in [7, 11) is 1.47. The van der Waals surface area contributed by atoms with Gasteiger partial charge in [-0.25, -0.2) is 0 Å². The first-order valence-corrected chi connectivity index (χ1v) is 14.9. The summed E-state index contributed by atoms with van der Waals surface area (Å²) in [6.07, 6.45) is -8.56. The van der Waals surface area contributed by atoms with E-state index in [1.54, 1.807) is 6.92 Å². The largest absolute Gasteiger partial charge is 0.456 e. The number of carbonyl (C=O) groups excluding carboxylic acids is 4. The minimum absolute atomic E-state index is 0.0222. The standard InChI is InChI=1S/C22H28N3O9PS2/c1-12-18(32-13(2)26)19(33-14(3)27)20(34-15(4)28)21(31-12)25-17(29)11-37-22(25)23-24-35(36,30-5)16-9-7-6-8-10-16/h6-10,12,18-21H,11H2,1-5H3,(H,24,36)/b23-22+/t12-,18-,19+,20-,21-,35?/m1/s1. The third kappa shape index (κ3) is 6.88. The molecule has 1 amide bonds. The molecule has 1 N–H and O–H groups in total. The lowest BCUT2D eigenvalue weighted by atomic mass is 9.97. The molecule has 202 valence electrons. The van der Waals surface area contributed by atoms with Gasteiger partial charge in [0.2, 0.25) is 5.91 Å². The molecule has 0 saturated carbocycles. The number of ether oxygens (including phenoxy) is 4. The quantitative estimate of drug-likeness (QED) is 0.207. The molecule has 0 radical (unpaired) electrons. The molecule has 6 atom stereocenters. The van der Waals surface area contributed by atoms with Crippen molar-refractivity contribution in [3.05, 3.63) is 30.3 Å². The van der Waals surface area contributed by atoms with E-state index in [-0.39, 0.29) is 10.9 Å². The Morgan fingerprint density at radius 1 is 1.05 bits per heavy atom. The normalized spacial score (nSPS) is 28.4. The van der Waals surface area contributed by atoms with Gasteiger partial charge in [0.15, 0.2) is 36.1 Å². The number of hydrogen-bond donors (Lipinski definition) is 1.